The summed E-state index contributed by atoms with van der Waals surface area (Å²) in [4.78, 5) is 22.6. The van der Waals surface area contributed by atoms with Crippen LogP contribution >= 0.6 is 11.8 Å². The van der Waals surface area contributed by atoms with Gasteiger partial charge in [-0.05, 0) is 36.0 Å². The van der Waals surface area contributed by atoms with E-state index in [0.717, 1.165) is 23.0 Å². The Kier molecular flexibility index (Phi) is 6.56. The Morgan fingerprint density at radius 2 is 1.61 bits per heavy atom. The van der Waals surface area contributed by atoms with Crippen LogP contribution in [-0.4, -0.2) is 30.5 Å². The summed E-state index contributed by atoms with van der Waals surface area (Å²) in [5, 5.41) is 24.3. The van der Waals surface area contributed by atoms with Crippen molar-refractivity contribution in [3.63, 3.8) is 0 Å². The lowest BCUT2D eigenvalue weighted by Crippen LogP contribution is -2.10. The van der Waals surface area contributed by atoms with Crippen LogP contribution in [0.1, 0.15) is 6.92 Å². The van der Waals surface area contributed by atoms with Gasteiger partial charge in [0.2, 0.25) is 5.16 Å². The summed E-state index contributed by atoms with van der Waals surface area (Å²) in [6, 6.07) is 25.0. The highest BCUT2D eigenvalue weighted by Gasteiger charge is 2.20. The van der Waals surface area contributed by atoms with E-state index in [4.69, 9.17) is 0 Å². The summed E-state index contributed by atoms with van der Waals surface area (Å²) >= 11 is 1.08. The van der Waals surface area contributed by atoms with Crippen LogP contribution < -0.4 is 5.43 Å². The zero-order valence-corrected chi connectivity index (χ0v) is 18.3. The molecule has 0 radical (unpaired) electrons. The quantitative estimate of drug-likeness (QED) is 0.137. The van der Waals surface area contributed by atoms with E-state index >= 15 is 0 Å². The number of ketones is 1. The van der Waals surface area contributed by atoms with E-state index in [1.807, 2.05) is 65.2 Å². The molecule has 0 spiro atoms. The summed E-state index contributed by atoms with van der Waals surface area (Å²) in [6.07, 6.45) is 0. The van der Waals surface area contributed by atoms with E-state index in [1.165, 1.54) is 31.2 Å². The standard InChI is InChI=1S/C23H18N6O3S/c1-16(30)22(26-24-18-12-14-20(15-13-18)29(31)32)33-23-27-25-21(17-8-4-2-5-9-17)28(23)19-10-6-3-7-11-19/h2-15,24H,1H3. The third-order valence-electron chi connectivity index (χ3n) is 4.53. The number of aromatic nitrogens is 3. The SMILES string of the molecule is CC(=O)C(=NNc1ccc([N+](=O)[O-])cc1)Sc1nnc(-c2ccccc2)n1-c1ccccc1. The Labute approximate surface area is 193 Å². The van der Waals surface area contributed by atoms with Crippen LogP contribution in [0.3, 0.4) is 0 Å². The van der Waals surface area contributed by atoms with E-state index in [1.54, 1.807) is 0 Å². The fraction of sp³-hybridized carbons (Fsp3) is 0.0435. The number of hydrogen-bond donors (Lipinski definition) is 1. The molecule has 0 bridgehead atoms. The Balaban J connectivity index is 1.67. The fourth-order valence-electron chi connectivity index (χ4n) is 2.95. The Morgan fingerprint density at radius 1 is 0.970 bits per heavy atom. The second-order valence-corrected chi connectivity index (χ2v) is 7.79. The molecular formula is C23H18N6O3S. The molecule has 4 rings (SSSR count). The van der Waals surface area contributed by atoms with Crippen LogP contribution in [0.25, 0.3) is 17.1 Å². The van der Waals surface area contributed by atoms with Crippen molar-refractivity contribution in [3.8, 4) is 17.1 Å². The number of hydrazone groups is 1. The van der Waals surface area contributed by atoms with Crippen LogP contribution in [0.2, 0.25) is 0 Å². The van der Waals surface area contributed by atoms with Gasteiger partial charge in [-0.25, -0.2) is 0 Å². The molecule has 1 aromatic heterocycles. The predicted molar refractivity (Wildman–Crippen MR) is 127 cm³/mol. The zero-order valence-electron chi connectivity index (χ0n) is 17.5. The minimum absolute atomic E-state index is 0.0323. The number of nitrogens with one attached hydrogen (secondary N) is 1. The average Bonchev–Trinajstić information content (AvgIpc) is 3.26. The highest BCUT2D eigenvalue weighted by molar-refractivity contribution is 8.15. The molecule has 0 aliphatic rings. The van der Waals surface area contributed by atoms with Crippen molar-refractivity contribution in [2.45, 2.75) is 12.1 Å². The van der Waals surface area contributed by atoms with Crippen molar-refractivity contribution >= 4 is 34.0 Å². The van der Waals surface area contributed by atoms with Crippen LogP contribution in [-0.2, 0) is 4.79 Å². The summed E-state index contributed by atoms with van der Waals surface area (Å²) in [5.74, 6) is 0.369. The first-order valence-electron chi connectivity index (χ1n) is 9.86. The fourth-order valence-corrected chi connectivity index (χ4v) is 3.73. The maximum absolute atomic E-state index is 12.3. The molecule has 33 heavy (non-hydrogen) atoms. The maximum Gasteiger partial charge on any atom is 0.269 e. The third-order valence-corrected chi connectivity index (χ3v) is 5.55. The van der Waals surface area contributed by atoms with Gasteiger partial charge in [0.05, 0.1) is 10.6 Å². The third kappa shape index (κ3) is 5.13. The predicted octanol–water partition coefficient (Wildman–Crippen LogP) is 4.95. The summed E-state index contributed by atoms with van der Waals surface area (Å²) < 4.78 is 1.87. The molecule has 4 aromatic rings. The Bertz CT molecular complexity index is 1310. The van der Waals surface area contributed by atoms with Gasteiger partial charge in [-0.1, -0.05) is 48.5 Å². The van der Waals surface area contributed by atoms with Gasteiger partial charge in [-0.3, -0.25) is 24.9 Å². The van der Waals surface area contributed by atoms with Crippen molar-refractivity contribution < 1.29 is 9.72 Å². The number of carbonyl (C=O) groups is 1. The number of Topliss-reactive ketones (excluding diaryl/α,β-unsaturated/α-hetero) is 1. The zero-order chi connectivity index (χ0) is 23.2. The Morgan fingerprint density at radius 3 is 2.21 bits per heavy atom. The van der Waals surface area contributed by atoms with E-state index in [2.05, 4.69) is 20.7 Å². The number of hydrogen-bond acceptors (Lipinski definition) is 8. The number of para-hydroxylation sites is 1. The molecule has 1 N–H and O–H groups in total. The average molecular weight is 459 g/mol. The molecule has 0 unspecified atom stereocenters. The molecule has 0 amide bonds. The first kappa shape index (κ1) is 21.9. The number of thioether (sulfide) groups is 1. The minimum Gasteiger partial charge on any atom is -0.292 e. The first-order chi connectivity index (χ1) is 16.0. The van der Waals surface area contributed by atoms with Gasteiger partial charge in [-0.2, -0.15) is 5.10 Å². The number of nitrogens with zero attached hydrogens (tertiary/aromatic N) is 5. The van der Waals surface area contributed by atoms with Gasteiger partial charge in [-0.15, -0.1) is 10.2 Å². The molecule has 1 heterocycles. The van der Waals surface area contributed by atoms with Crippen molar-refractivity contribution in [1.82, 2.24) is 14.8 Å². The van der Waals surface area contributed by atoms with Gasteiger partial charge < -0.3 is 0 Å². The van der Waals surface area contributed by atoms with Gasteiger partial charge in [0.1, 0.15) is 0 Å². The molecular weight excluding hydrogens is 440 g/mol. The Hall–Kier alpha value is -4.31. The molecule has 0 aliphatic carbocycles. The lowest BCUT2D eigenvalue weighted by atomic mass is 10.2. The number of anilines is 1. The first-order valence-corrected chi connectivity index (χ1v) is 10.7. The molecule has 0 aliphatic heterocycles. The highest BCUT2D eigenvalue weighted by atomic mass is 32.2. The number of benzene rings is 3. The maximum atomic E-state index is 12.3. The molecule has 0 saturated heterocycles. The van der Waals surface area contributed by atoms with E-state index < -0.39 is 4.92 Å². The molecule has 0 atom stereocenters. The number of rotatable bonds is 7. The normalized spacial score (nSPS) is 11.2. The monoisotopic (exact) mass is 458 g/mol. The topological polar surface area (TPSA) is 115 Å². The van der Waals surface area contributed by atoms with Crippen molar-refractivity contribution in [2.75, 3.05) is 5.43 Å². The minimum atomic E-state index is -0.482. The lowest BCUT2D eigenvalue weighted by molar-refractivity contribution is -0.384. The van der Waals surface area contributed by atoms with Crippen LogP contribution in [0.5, 0.6) is 0 Å². The van der Waals surface area contributed by atoms with Gasteiger partial charge in [0.25, 0.3) is 5.69 Å². The molecule has 10 heteroatoms. The highest BCUT2D eigenvalue weighted by Crippen LogP contribution is 2.29. The van der Waals surface area contributed by atoms with Gasteiger partial charge in [0, 0.05) is 30.3 Å². The van der Waals surface area contributed by atoms with Crippen LogP contribution in [0, 0.1) is 10.1 Å². The number of non-ortho nitro benzene ring substituents is 1. The molecule has 9 nitrogen and oxygen atoms in total. The number of carbonyl (C=O) groups excluding carboxylic acids is 1. The van der Waals surface area contributed by atoms with E-state index in [0.29, 0.717) is 16.7 Å². The summed E-state index contributed by atoms with van der Waals surface area (Å²) in [7, 11) is 0. The van der Waals surface area contributed by atoms with Crippen LogP contribution in [0.15, 0.2) is 95.2 Å². The smallest absolute Gasteiger partial charge is 0.269 e. The second kappa shape index (κ2) is 9.88. The number of nitro benzene ring substituents is 1. The van der Waals surface area contributed by atoms with Crippen LogP contribution in [0.4, 0.5) is 11.4 Å². The van der Waals surface area contributed by atoms with Crippen molar-refractivity contribution in [2.24, 2.45) is 5.10 Å². The number of nitro groups is 1. The van der Waals surface area contributed by atoms with E-state index in [-0.39, 0.29) is 16.5 Å². The largest absolute Gasteiger partial charge is 0.292 e. The molecule has 0 fully saturated rings. The molecule has 0 saturated carbocycles. The summed E-state index contributed by atoms with van der Waals surface area (Å²) in [5.41, 5.74) is 4.98. The summed E-state index contributed by atoms with van der Waals surface area (Å²) in [6.45, 7) is 1.41. The van der Waals surface area contributed by atoms with Crippen molar-refractivity contribution in [3.05, 3.63) is 95.0 Å². The molecule has 3 aromatic carbocycles. The lowest BCUT2D eigenvalue weighted by Gasteiger charge is -2.10. The van der Waals surface area contributed by atoms with E-state index in [9.17, 15) is 14.9 Å². The molecule has 164 valence electrons. The van der Waals surface area contributed by atoms with Gasteiger partial charge in [0.15, 0.2) is 16.7 Å². The van der Waals surface area contributed by atoms with Gasteiger partial charge >= 0.3 is 0 Å². The second-order valence-electron chi connectivity index (χ2n) is 6.83. The van der Waals surface area contributed by atoms with Crippen molar-refractivity contribution in [1.29, 1.82) is 0 Å².